The maximum Gasteiger partial charge on any atom is 0.410 e. The Balaban J connectivity index is 1.64. The van der Waals surface area contributed by atoms with Gasteiger partial charge in [0.2, 0.25) is 0 Å². The molecule has 0 bridgehead atoms. The molecule has 0 spiro atoms. The third-order valence-electron chi connectivity index (χ3n) is 4.75. The van der Waals surface area contributed by atoms with E-state index in [0.717, 1.165) is 11.1 Å². The Hall–Kier alpha value is -3.06. The van der Waals surface area contributed by atoms with E-state index < -0.39 is 18.4 Å². The molecule has 2 aromatic rings. The maximum atomic E-state index is 12.8. The van der Waals surface area contributed by atoms with Crippen LogP contribution in [-0.2, 0) is 22.6 Å². The van der Waals surface area contributed by atoms with E-state index >= 15 is 0 Å². The highest BCUT2D eigenvalue weighted by atomic mass is 16.6. The van der Waals surface area contributed by atoms with Crippen LogP contribution in [0.25, 0.3) is 10.4 Å². The predicted octanol–water partition coefficient (Wildman–Crippen LogP) is 4.00. The van der Waals surface area contributed by atoms with E-state index in [1.165, 1.54) is 0 Å². The molecule has 1 fully saturated rings. The minimum atomic E-state index is -1.18. The maximum absolute atomic E-state index is 12.8. The lowest BCUT2D eigenvalue weighted by molar-refractivity contribution is -0.175. The summed E-state index contributed by atoms with van der Waals surface area (Å²) in [5.74, 6) is 0. The van der Waals surface area contributed by atoms with Gasteiger partial charge in [-0.2, -0.15) is 0 Å². The van der Waals surface area contributed by atoms with E-state index in [1.54, 1.807) is 4.90 Å². The monoisotopic (exact) mass is 396 g/mol. The summed E-state index contributed by atoms with van der Waals surface area (Å²) in [6, 6.07) is 18.5. The number of hydrogen-bond acceptors (Lipinski definition) is 5. The van der Waals surface area contributed by atoms with Crippen LogP contribution in [0, 0.1) is 0 Å². The second-order valence-electron chi connectivity index (χ2n) is 6.90. The highest BCUT2D eigenvalue weighted by Crippen LogP contribution is 2.22. The molecule has 152 valence electrons. The van der Waals surface area contributed by atoms with Crippen molar-refractivity contribution < 1.29 is 19.4 Å². The van der Waals surface area contributed by atoms with Crippen LogP contribution in [0.2, 0.25) is 0 Å². The van der Waals surface area contributed by atoms with Crippen LogP contribution >= 0.6 is 0 Å². The van der Waals surface area contributed by atoms with Crippen LogP contribution < -0.4 is 0 Å². The number of carbonyl (C=O) groups excluding carboxylic acids is 1. The summed E-state index contributed by atoms with van der Waals surface area (Å²) in [5, 5.41) is 13.6. The third kappa shape index (κ3) is 6.22. The predicted molar refractivity (Wildman–Crippen MR) is 107 cm³/mol. The van der Waals surface area contributed by atoms with Gasteiger partial charge in [0, 0.05) is 11.5 Å². The fraction of sp³-hybridized carbons (Fsp3) is 0.381. The van der Waals surface area contributed by atoms with Gasteiger partial charge in [0.25, 0.3) is 0 Å². The summed E-state index contributed by atoms with van der Waals surface area (Å²) in [6.45, 7) is 0.810. The number of carbonyl (C=O) groups is 1. The average Bonchev–Trinajstić information content (AvgIpc) is 2.75. The van der Waals surface area contributed by atoms with E-state index in [4.69, 9.17) is 15.0 Å². The number of ether oxygens (including phenoxy) is 2. The Morgan fingerprint density at radius 3 is 2.41 bits per heavy atom. The molecule has 3 atom stereocenters. The Labute approximate surface area is 169 Å². The third-order valence-corrected chi connectivity index (χ3v) is 4.75. The van der Waals surface area contributed by atoms with Crippen molar-refractivity contribution in [3.63, 3.8) is 0 Å². The first kappa shape index (κ1) is 20.7. The second kappa shape index (κ2) is 10.5. The fourth-order valence-corrected chi connectivity index (χ4v) is 3.23. The molecule has 1 aliphatic heterocycles. The van der Waals surface area contributed by atoms with Gasteiger partial charge in [-0.3, -0.25) is 0 Å². The molecular formula is C21H24N4O4. The molecule has 1 heterocycles. The van der Waals surface area contributed by atoms with Crippen molar-refractivity contribution in [2.75, 3.05) is 6.54 Å². The fourth-order valence-electron chi connectivity index (χ4n) is 3.23. The van der Waals surface area contributed by atoms with Crippen LogP contribution in [0.4, 0.5) is 4.79 Å². The lowest BCUT2D eigenvalue weighted by atomic mass is 10.0. The number of nitrogens with zero attached hydrogens (tertiary/aromatic N) is 4. The van der Waals surface area contributed by atoms with E-state index in [9.17, 15) is 9.90 Å². The molecule has 29 heavy (non-hydrogen) atoms. The molecule has 1 aliphatic rings. The molecule has 1 N–H and O–H groups in total. The van der Waals surface area contributed by atoms with Crippen LogP contribution in [0.5, 0.6) is 0 Å². The molecule has 0 saturated carbocycles. The molecule has 0 aliphatic carbocycles. The van der Waals surface area contributed by atoms with Gasteiger partial charge in [0.1, 0.15) is 6.61 Å². The summed E-state index contributed by atoms with van der Waals surface area (Å²) in [5.41, 5.74) is 10.4. The second-order valence-corrected chi connectivity index (χ2v) is 6.90. The van der Waals surface area contributed by atoms with Crippen molar-refractivity contribution in [3.8, 4) is 0 Å². The normalized spacial score (nSPS) is 21.1. The number of hydrogen-bond donors (Lipinski definition) is 1. The topological polar surface area (TPSA) is 108 Å². The lowest BCUT2D eigenvalue weighted by Gasteiger charge is -2.34. The Bertz CT molecular complexity index is 827. The number of aliphatic hydroxyl groups excluding tert-OH is 1. The highest BCUT2D eigenvalue weighted by molar-refractivity contribution is 5.67. The van der Waals surface area contributed by atoms with E-state index in [-0.39, 0.29) is 19.3 Å². The zero-order valence-electron chi connectivity index (χ0n) is 16.0. The highest BCUT2D eigenvalue weighted by Gasteiger charge is 2.31. The van der Waals surface area contributed by atoms with Crippen LogP contribution in [0.1, 0.15) is 24.0 Å². The molecule has 1 saturated heterocycles. The molecule has 0 aromatic heterocycles. The SMILES string of the molecule is [N-]=[N+]=NC1CC[C@@H](CN(Cc2ccccc2)C(=O)OCc2ccccc2)OC1O. The largest absolute Gasteiger partial charge is 0.445 e. The first-order chi connectivity index (χ1) is 14.2. The van der Waals surface area contributed by atoms with Gasteiger partial charge in [-0.25, -0.2) is 4.79 Å². The number of aliphatic hydroxyl groups is 1. The zero-order valence-corrected chi connectivity index (χ0v) is 16.0. The van der Waals surface area contributed by atoms with Gasteiger partial charge >= 0.3 is 6.09 Å². The Kier molecular flexibility index (Phi) is 7.47. The van der Waals surface area contributed by atoms with Crippen molar-refractivity contribution in [1.29, 1.82) is 0 Å². The smallest absolute Gasteiger partial charge is 0.410 e. The number of benzene rings is 2. The minimum absolute atomic E-state index is 0.179. The van der Waals surface area contributed by atoms with Crippen LogP contribution in [0.15, 0.2) is 65.8 Å². The molecule has 2 aromatic carbocycles. The van der Waals surface area contributed by atoms with Gasteiger partial charge in [-0.05, 0) is 29.5 Å². The van der Waals surface area contributed by atoms with Gasteiger partial charge < -0.3 is 19.5 Å². The van der Waals surface area contributed by atoms with Crippen molar-refractivity contribution >= 4 is 6.09 Å². The summed E-state index contributed by atoms with van der Waals surface area (Å²) in [6.07, 6.45) is -0.939. The quantitative estimate of drug-likeness (QED) is 0.433. The molecule has 2 unspecified atom stereocenters. The average molecular weight is 396 g/mol. The van der Waals surface area contributed by atoms with E-state index in [2.05, 4.69) is 10.0 Å². The van der Waals surface area contributed by atoms with Crippen LogP contribution in [0.3, 0.4) is 0 Å². The van der Waals surface area contributed by atoms with Crippen molar-refractivity contribution in [2.24, 2.45) is 5.11 Å². The van der Waals surface area contributed by atoms with E-state index in [1.807, 2.05) is 60.7 Å². The number of rotatable bonds is 7. The van der Waals surface area contributed by atoms with Crippen molar-refractivity contribution in [1.82, 2.24) is 4.90 Å². The minimum Gasteiger partial charge on any atom is -0.445 e. The summed E-state index contributed by atoms with van der Waals surface area (Å²) in [7, 11) is 0. The van der Waals surface area contributed by atoms with Crippen molar-refractivity contribution in [2.45, 2.75) is 44.4 Å². The lowest BCUT2D eigenvalue weighted by Crippen LogP contribution is -2.45. The summed E-state index contributed by atoms with van der Waals surface area (Å²) >= 11 is 0. The summed E-state index contributed by atoms with van der Waals surface area (Å²) < 4.78 is 11.1. The Morgan fingerprint density at radius 2 is 1.79 bits per heavy atom. The molecule has 1 amide bonds. The molecule has 3 rings (SSSR count). The van der Waals surface area contributed by atoms with Gasteiger partial charge in [0.15, 0.2) is 6.29 Å². The summed E-state index contributed by atoms with van der Waals surface area (Å²) in [4.78, 5) is 17.1. The number of amides is 1. The zero-order chi connectivity index (χ0) is 20.5. The molecular weight excluding hydrogens is 372 g/mol. The van der Waals surface area contributed by atoms with Gasteiger partial charge in [-0.1, -0.05) is 65.8 Å². The molecule has 8 nitrogen and oxygen atoms in total. The standard InChI is InChI=1S/C21H24N4O4/c22-24-23-19-12-11-18(29-20(19)26)14-25(13-16-7-3-1-4-8-16)21(27)28-15-17-9-5-2-6-10-17/h1-10,18-20,26H,11-15H2/t18-,19?,20?/m0/s1. The first-order valence-corrected chi connectivity index (χ1v) is 9.53. The van der Waals surface area contributed by atoms with E-state index in [0.29, 0.717) is 19.4 Å². The van der Waals surface area contributed by atoms with Crippen molar-refractivity contribution in [3.05, 3.63) is 82.2 Å². The molecule has 8 heteroatoms. The first-order valence-electron chi connectivity index (χ1n) is 9.53. The van der Waals surface area contributed by atoms with Crippen LogP contribution in [-0.4, -0.2) is 41.1 Å². The number of azide groups is 1. The van der Waals surface area contributed by atoms with Gasteiger partial charge in [0.05, 0.1) is 18.7 Å². The molecule has 0 radical (unpaired) electrons. The Morgan fingerprint density at radius 1 is 1.14 bits per heavy atom. The van der Waals surface area contributed by atoms with Gasteiger partial charge in [-0.15, -0.1) is 0 Å².